The maximum Gasteiger partial charge on any atom is 0.323 e. The Hall–Kier alpha value is -0.940. The first-order valence-corrected chi connectivity index (χ1v) is 5.45. The summed E-state index contributed by atoms with van der Waals surface area (Å²) in [5, 5.41) is 0. The summed E-state index contributed by atoms with van der Waals surface area (Å²) in [6.07, 6.45) is 2.13. The molecule has 0 bridgehead atoms. The van der Waals surface area contributed by atoms with E-state index in [-0.39, 0.29) is 5.97 Å². The van der Waals surface area contributed by atoms with Crippen molar-refractivity contribution in [3.8, 4) is 0 Å². The third kappa shape index (κ3) is 3.97. The molecule has 0 aliphatic heterocycles. The first-order chi connectivity index (χ1) is 7.13. The van der Waals surface area contributed by atoms with Crippen LogP contribution in [0.25, 0.3) is 0 Å². The van der Waals surface area contributed by atoms with Gasteiger partial charge >= 0.3 is 5.97 Å². The second-order valence-corrected chi connectivity index (χ2v) is 3.86. The Balaban J connectivity index is 2.54. The summed E-state index contributed by atoms with van der Waals surface area (Å²) < 4.78 is 5.57. The highest BCUT2D eigenvalue weighted by atomic mass is 79.9. The summed E-state index contributed by atoms with van der Waals surface area (Å²) in [4.78, 5) is 15.3. The van der Waals surface area contributed by atoms with E-state index in [9.17, 15) is 4.79 Å². The van der Waals surface area contributed by atoms with Crippen LogP contribution in [0.1, 0.15) is 12.5 Å². The molecule has 15 heavy (non-hydrogen) atoms. The van der Waals surface area contributed by atoms with E-state index < -0.39 is 6.04 Å². The SMILES string of the molecule is CCOC(=O)C(N)Cc1ccc(Br)nc1. The molecule has 0 spiro atoms. The lowest BCUT2D eigenvalue weighted by Crippen LogP contribution is -2.34. The molecule has 5 heteroatoms. The van der Waals surface area contributed by atoms with Crippen molar-refractivity contribution in [1.29, 1.82) is 0 Å². The Morgan fingerprint density at radius 3 is 2.93 bits per heavy atom. The number of halogens is 1. The van der Waals surface area contributed by atoms with Gasteiger partial charge in [-0.05, 0) is 40.9 Å². The van der Waals surface area contributed by atoms with Crippen LogP contribution in [-0.4, -0.2) is 23.6 Å². The standard InChI is InChI=1S/C10H13BrN2O2/c1-2-15-10(14)8(12)5-7-3-4-9(11)13-6-7/h3-4,6,8H,2,5,12H2,1H3. The van der Waals surface area contributed by atoms with Crippen LogP contribution >= 0.6 is 15.9 Å². The fourth-order valence-electron chi connectivity index (χ4n) is 1.11. The van der Waals surface area contributed by atoms with E-state index in [0.717, 1.165) is 10.2 Å². The molecule has 82 valence electrons. The number of esters is 1. The molecule has 0 amide bonds. The molecule has 0 aliphatic rings. The Morgan fingerprint density at radius 2 is 2.40 bits per heavy atom. The van der Waals surface area contributed by atoms with Gasteiger partial charge in [-0.1, -0.05) is 6.07 Å². The van der Waals surface area contributed by atoms with Crippen molar-refractivity contribution in [1.82, 2.24) is 4.98 Å². The van der Waals surface area contributed by atoms with Gasteiger partial charge < -0.3 is 10.5 Å². The van der Waals surface area contributed by atoms with Crippen LogP contribution in [0.5, 0.6) is 0 Å². The summed E-state index contributed by atoms with van der Waals surface area (Å²) in [5.41, 5.74) is 6.57. The molecular formula is C10H13BrN2O2. The zero-order valence-corrected chi connectivity index (χ0v) is 10.0. The Kier molecular flexibility index (Phi) is 4.71. The second-order valence-electron chi connectivity index (χ2n) is 3.05. The van der Waals surface area contributed by atoms with Crippen molar-refractivity contribution >= 4 is 21.9 Å². The summed E-state index contributed by atoms with van der Waals surface area (Å²) in [5.74, 6) is -0.375. The van der Waals surface area contributed by atoms with Gasteiger partial charge in [0.2, 0.25) is 0 Å². The van der Waals surface area contributed by atoms with Gasteiger partial charge in [-0.2, -0.15) is 0 Å². The number of rotatable bonds is 4. The van der Waals surface area contributed by atoms with E-state index in [1.165, 1.54) is 0 Å². The van der Waals surface area contributed by atoms with Crippen LogP contribution in [-0.2, 0) is 16.0 Å². The number of hydrogen-bond donors (Lipinski definition) is 1. The van der Waals surface area contributed by atoms with Crippen molar-refractivity contribution in [3.05, 3.63) is 28.5 Å². The van der Waals surface area contributed by atoms with E-state index in [2.05, 4.69) is 20.9 Å². The Morgan fingerprint density at radius 1 is 1.67 bits per heavy atom. The molecule has 0 radical (unpaired) electrons. The summed E-state index contributed by atoms with van der Waals surface area (Å²) in [6.45, 7) is 2.11. The lowest BCUT2D eigenvalue weighted by Gasteiger charge is -2.09. The van der Waals surface area contributed by atoms with Gasteiger partial charge in [0.05, 0.1) is 6.61 Å². The van der Waals surface area contributed by atoms with Gasteiger partial charge in [0.25, 0.3) is 0 Å². The first-order valence-electron chi connectivity index (χ1n) is 4.66. The fourth-order valence-corrected chi connectivity index (χ4v) is 1.35. The Labute approximate surface area is 97.0 Å². The highest BCUT2D eigenvalue weighted by Gasteiger charge is 2.14. The zero-order chi connectivity index (χ0) is 11.3. The van der Waals surface area contributed by atoms with E-state index >= 15 is 0 Å². The molecule has 4 nitrogen and oxygen atoms in total. The van der Waals surface area contributed by atoms with E-state index in [1.54, 1.807) is 13.1 Å². The topological polar surface area (TPSA) is 65.2 Å². The number of nitrogens with zero attached hydrogens (tertiary/aromatic N) is 1. The van der Waals surface area contributed by atoms with Crippen molar-refractivity contribution in [2.75, 3.05) is 6.61 Å². The lowest BCUT2D eigenvalue weighted by atomic mass is 10.1. The number of aromatic nitrogens is 1. The van der Waals surface area contributed by atoms with Crippen LogP contribution in [0.4, 0.5) is 0 Å². The minimum Gasteiger partial charge on any atom is -0.465 e. The predicted octanol–water partition coefficient (Wildman–Crippen LogP) is 1.28. The normalized spacial score (nSPS) is 12.2. The number of pyridine rings is 1. The molecule has 1 unspecified atom stereocenters. The molecule has 0 saturated carbocycles. The molecule has 0 saturated heterocycles. The molecular weight excluding hydrogens is 260 g/mol. The third-order valence-electron chi connectivity index (χ3n) is 1.83. The third-order valence-corrected chi connectivity index (χ3v) is 2.30. The maximum absolute atomic E-state index is 11.2. The highest BCUT2D eigenvalue weighted by molar-refractivity contribution is 9.10. The molecule has 0 fully saturated rings. The van der Waals surface area contributed by atoms with E-state index in [4.69, 9.17) is 10.5 Å². The van der Waals surface area contributed by atoms with E-state index in [1.807, 2.05) is 12.1 Å². The average Bonchev–Trinajstić information content (AvgIpc) is 2.22. The van der Waals surface area contributed by atoms with Gasteiger partial charge in [0, 0.05) is 6.20 Å². The molecule has 0 aliphatic carbocycles. The van der Waals surface area contributed by atoms with Gasteiger partial charge in [-0.15, -0.1) is 0 Å². The smallest absolute Gasteiger partial charge is 0.323 e. The summed E-state index contributed by atoms with van der Waals surface area (Å²) >= 11 is 3.23. The van der Waals surface area contributed by atoms with Crippen molar-refractivity contribution in [3.63, 3.8) is 0 Å². The van der Waals surface area contributed by atoms with E-state index in [0.29, 0.717) is 13.0 Å². The van der Waals surface area contributed by atoms with Gasteiger partial charge in [0.1, 0.15) is 10.6 Å². The Bertz CT molecular complexity index is 327. The van der Waals surface area contributed by atoms with Crippen LogP contribution in [0.3, 0.4) is 0 Å². The van der Waals surface area contributed by atoms with Crippen LogP contribution in [0, 0.1) is 0 Å². The summed E-state index contributed by atoms with van der Waals surface area (Å²) in [7, 11) is 0. The monoisotopic (exact) mass is 272 g/mol. The van der Waals surface area contributed by atoms with Crippen molar-refractivity contribution < 1.29 is 9.53 Å². The summed E-state index contributed by atoms with van der Waals surface area (Å²) in [6, 6.07) is 3.07. The van der Waals surface area contributed by atoms with Crippen LogP contribution < -0.4 is 5.73 Å². The second kappa shape index (κ2) is 5.82. The number of carbonyl (C=O) groups is 1. The quantitative estimate of drug-likeness (QED) is 0.663. The van der Waals surface area contributed by atoms with Gasteiger partial charge in [0.15, 0.2) is 0 Å². The molecule has 1 rings (SSSR count). The minimum atomic E-state index is -0.618. The lowest BCUT2D eigenvalue weighted by molar-refractivity contribution is -0.144. The number of hydrogen-bond acceptors (Lipinski definition) is 4. The van der Waals surface area contributed by atoms with Crippen LogP contribution in [0.15, 0.2) is 22.9 Å². The minimum absolute atomic E-state index is 0.352. The van der Waals surface area contributed by atoms with Crippen molar-refractivity contribution in [2.45, 2.75) is 19.4 Å². The molecule has 1 atom stereocenters. The first kappa shape index (κ1) is 12.1. The average molecular weight is 273 g/mol. The van der Waals surface area contributed by atoms with Crippen LogP contribution in [0.2, 0.25) is 0 Å². The zero-order valence-electron chi connectivity index (χ0n) is 8.44. The fraction of sp³-hybridized carbons (Fsp3) is 0.400. The number of ether oxygens (including phenoxy) is 1. The molecule has 0 aromatic carbocycles. The number of nitrogens with two attached hydrogens (primary N) is 1. The molecule has 1 aromatic heterocycles. The van der Waals surface area contributed by atoms with Crippen molar-refractivity contribution in [2.24, 2.45) is 5.73 Å². The largest absolute Gasteiger partial charge is 0.465 e. The molecule has 1 heterocycles. The molecule has 2 N–H and O–H groups in total. The molecule has 1 aromatic rings. The number of carbonyl (C=O) groups excluding carboxylic acids is 1. The highest BCUT2D eigenvalue weighted by Crippen LogP contribution is 2.08. The predicted molar refractivity (Wildman–Crippen MR) is 60.2 cm³/mol. The maximum atomic E-state index is 11.2. The van der Waals surface area contributed by atoms with Gasteiger partial charge in [-0.25, -0.2) is 4.98 Å². The van der Waals surface area contributed by atoms with Gasteiger partial charge in [-0.3, -0.25) is 4.79 Å².